The van der Waals surface area contributed by atoms with Crippen LogP contribution in [-0.2, 0) is 9.53 Å². The van der Waals surface area contributed by atoms with Gasteiger partial charge in [0, 0.05) is 7.11 Å². The van der Waals surface area contributed by atoms with E-state index in [0.717, 1.165) is 5.56 Å². The van der Waals surface area contributed by atoms with Gasteiger partial charge in [0.05, 0.1) is 12.3 Å². The molecule has 15 heavy (non-hydrogen) atoms. The van der Waals surface area contributed by atoms with Crippen LogP contribution in [0.2, 0.25) is 0 Å². The highest BCUT2D eigenvalue weighted by Crippen LogP contribution is 2.24. The van der Waals surface area contributed by atoms with Gasteiger partial charge in [-0.05, 0) is 24.6 Å². The zero-order valence-corrected chi connectivity index (χ0v) is 8.95. The van der Waals surface area contributed by atoms with E-state index < -0.39 is 0 Å². The molecule has 0 saturated carbocycles. The average Bonchev–Trinajstić information content (AvgIpc) is 2.22. The van der Waals surface area contributed by atoms with Crippen LogP contribution in [0.25, 0.3) is 0 Å². The standard InChI is InChI=1S/C11H15NO3/c1-9-3-4-10(12-8-13)11(7-9)15-6-5-14-2/h3-4,7-8H,5-6H2,1-2H3,(H,12,13). The first-order valence-corrected chi connectivity index (χ1v) is 4.70. The third kappa shape index (κ3) is 3.59. The number of aryl methyl sites for hydroxylation is 1. The first-order valence-electron chi connectivity index (χ1n) is 4.70. The summed E-state index contributed by atoms with van der Waals surface area (Å²) in [5, 5.41) is 2.58. The SMILES string of the molecule is COCCOc1cc(C)ccc1NC=O. The number of carbonyl (C=O) groups is 1. The van der Waals surface area contributed by atoms with E-state index in [1.165, 1.54) is 0 Å². The fourth-order valence-electron chi connectivity index (χ4n) is 1.17. The van der Waals surface area contributed by atoms with Crippen LogP contribution in [0.1, 0.15) is 5.56 Å². The molecule has 0 bridgehead atoms. The molecule has 4 heteroatoms. The Labute approximate surface area is 89.2 Å². The summed E-state index contributed by atoms with van der Waals surface area (Å²) in [7, 11) is 1.62. The van der Waals surface area contributed by atoms with Crippen molar-refractivity contribution in [2.75, 3.05) is 25.6 Å². The third-order valence-corrected chi connectivity index (χ3v) is 1.90. The van der Waals surface area contributed by atoms with E-state index in [9.17, 15) is 4.79 Å². The van der Waals surface area contributed by atoms with E-state index in [2.05, 4.69) is 5.32 Å². The largest absolute Gasteiger partial charge is 0.489 e. The van der Waals surface area contributed by atoms with Crippen molar-refractivity contribution in [2.45, 2.75) is 6.92 Å². The number of hydrogen-bond acceptors (Lipinski definition) is 3. The van der Waals surface area contributed by atoms with E-state index >= 15 is 0 Å². The minimum Gasteiger partial charge on any atom is -0.489 e. The molecule has 0 aliphatic heterocycles. The first kappa shape index (κ1) is 11.5. The van der Waals surface area contributed by atoms with E-state index in [1.807, 2.05) is 25.1 Å². The Hall–Kier alpha value is -1.55. The van der Waals surface area contributed by atoms with Crippen LogP contribution in [0.5, 0.6) is 5.75 Å². The molecule has 4 nitrogen and oxygen atoms in total. The Balaban J connectivity index is 2.72. The summed E-state index contributed by atoms with van der Waals surface area (Å²) >= 11 is 0. The molecule has 0 radical (unpaired) electrons. The molecule has 0 heterocycles. The topological polar surface area (TPSA) is 47.6 Å². The summed E-state index contributed by atoms with van der Waals surface area (Å²) in [4.78, 5) is 10.4. The van der Waals surface area contributed by atoms with Crippen molar-refractivity contribution in [3.63, 3.8) is 0 Å². The van der Waals surface area contributed by atoms with Gasteiger partial charge in [-0.1, -0.05) is 6.07 Å². The number of methoxy groups -OCH3 is 1. The summed E-state index contributed by atoms with van der Waals surface area (Å²) in [5.41, 5.74) is 1.76. The summed E-state index contributed by atoms with van der Waals surface area (Å²) in [6.45, 7) is 2.95. The first-order chi connectivity index (χ1) is 7.27. The monoisotopic (exact) mass is 209 g/mol. The molecule has 0 aliphatic rings. The van der Waals surface area contributed by atoms with Crippen molar-refractivity contribution >= 4 is 12.1 Å². The molecule has 0 atom stereocenters. The van der Waals surface area contributed by atoms with Gasteiger partial charge in [0.15, 0.2) is 0 Å². The smallest absolute Gasteiger partial charge is 0.211 e. The molecular formula is C11H15NO3. The van der Waals surface area contributed by atoms with Crippen molar-refractivity contribution < 1.29 is 14.3 Å². The second-order valence-corrected chi connectivity index (χ2v) is 3.10. The van der Waals surface area contributed by atoms with Crippen LogP contribution in [0.3, 0.4) is 0 Å². The molecule has 82 valence electrons. The van der Waals surface area contributed by atoms with Crippen molar-refractivity contribution in [1.29, 1.82) is 0 Å². The van der Waals surface area contributed by atoms with Gasteiger partial charge in [-0.15, -0.1) is 0 Å². The van der Waals surface area contributed by atoms with Crippen LogP contribution in [0.15, 0.2) is 18.2 Å². The van der Waals surface area contributed by atoms with Crippen molar-refractivity contribution in [3.8, 4) is 5.75 Å². The minimum atomic E-state index is 0.466. The molecule has 0 spiro atoms. The number of anilines is 1. The van der Waals surface area contributed by atoms with E-state index in [1.54, 1.807) is 7.11 Å². The number of nitrogens with one attached hydrogen (secondary N) is 1. The fourth-order valence-corrected chi connectivity index (χ4v) is 1.17. The number of benzene rings is 1. The normalized spacial score (nSPS) is 9.73. The summed E-state index contributed by atoms with van der Waals surface area (Å²) in [6, 6.07) is 5.60. The highest BCUT2D eigenvalue weighted by Gasteiger charge is 2.02. The minimum absolute atomic E-state index is 0.466. The molecule has 0 aliphatic carbocycles. The highest BCUT2D eigenvalue weighted by molar-refractivity contribution is 5.75. The second-order valence-electron chi connectivity index (χ2n) is 3.10. The molecule has 1 aromatic carbocycles. The van der Waals surface area contributed by atoms with Crippen LogP contribution in [0, 0.1) is 6.92 Å². The lowest BCUT2D eigenvalue weighted by Crippen LogP contribution is -2.06. The van der Waals surface area contributed by atoms with E-state index in [-0.39, 0.29) is 0 Å². The fraction of sp³-hybridized carbons (Fsp3) is 0.364. The summed E-state index contributed by atoms with van der Waals surface area (Å²) in [6.07, 6.45) is 0.633. The zero-order valence-electron chi connectivity index (χ0n) is 8.95. The summed E-state index contributed by atoms with van der Waals surface area (Å²) < 4.78 is 10.3. The lowest BCUT2D eigenvalue weighted by molar-refractivity contribution is -0.105. The Bertz CT molecular complexity index is 326. The summed E-state index contributed by atoms with van der Waals surface area (Å²) in [5.74, 6) is 0.666. The number of ether oxygens (including phenoxy) is 2. The highest BCUT2D eigenvalue weighted by atomic mass is 16.5. The Morgan fingerprint density at radius 1 is 1.40 bits per heavy atom. The number of hydrogen-bond donors (Lipinski definition) is 1. The average molecular weight is 209 g/mol. The lowest BCUT2D eigenvalue weighted by atomic mass is 10.2. The molecule has 1 rings (SSSR count). The maximum absolute atomic E-state index is 10.4. The number of amides is 1. The molecule has 0 unspecified atom stereocenters. The van der Waals surface area contributed by atoms with Crippen LogP contribution >= 0.6 is 0 Å². The van der Waals surface area contributed by atoms with Crippen LogP contribution in [0.4, 0.5) is 5.69 Å². The van der Waals surface area contributed by atoms with E-state index in [4.69, 9.17) is 9.47 Å². The predicted octanol–water partition coefficient (Wildman–Crippen LogP) is 1.59. The molecule has 0 saturated heterocycles. The van der Waals surface area contributed by atoms with Gasteiger partial charge in [-0.25, -0.2) is 0 Å². The Morgan fingerprint density at radius 3 is 2.87 bits per heavy atom. The van der Waals surface area contributed by atoms with Gasteiger partial charge < -0.3 is 14.8 Å². The second kappa shape index (κ2) is 6.03. The Morgan fingerprint density at radius 2 is 2.20 bits per heavy atom. The molecular weight excluding hydrogens is 194 g/mol. The molecule has 1 aromatic rings. The van der Waals surface area contributed by atoms with Crippen LogP contribution in [-0.4, -0.2) is 26.7 Å². The van der Waals surface area contributed by atoms with Crippen molar-refractivity contribution in [2.24, 2.45) is 0 Å². The molecule has 1 N–H and O–H groups in total. The van der Waals surface area contributed by atoms with Crippen molar-refractivity contribution in [3.05, 3.63) is 23.8 Å². The molecule has 0 aromatic heterocycles. The third-order valence-electron chi connectivity index (χ3n) is 1.90. The van der Waals surface area contributed by atoms with Gasteiger partial charge >= 0.3 is 0 Å². The molecule has 1 amide bonds. The van der Waals surface area contributed by atoms with Gasteiger partial charge in [0.25, 0.3) is 0 Å². The lowest BCUT2D eigenvalue weighted by Gasteiger charge is -2.10. The number of rotatable bonds is 6. The maximum Gasteiger partial charge on any atom is 0.211 e. The quantitative estimate of drug-likeness (QED) is 0.571. The predicted molar refractivity (Wildman–Crippen MR) is 58.2 cm³/mol. The van der Waals surface area contributed by atoms with E-state index in [0.29, 0.717) is 31.1 Å². The van der Waals surface area contributed by atoms with Gasteiger partial charge in [-0.2, -0.15) is 0 Å². The Kier molecular flexibility index (Phi) is 4.63. The molecule has 0 fully saturated rings. The number of carbonyl (C=O) groups excluding carboxylic acids is 1. The zero-order chi connectivity index (χ0) is 11.1. The van der Waals surface area contributed by atoms with Crippen LogP contribution < -0.4 is 10.1 Å². The van der Waals surface area contributed by atoms with Gasteiger partial charge in [-0.3, -0.25) is 4.79 Å². The maximum atomic E-state index is 10.4. The van der Waals surface area contributed by atoms with Gasteiger partial charge in [0.2, 0.25) is 6.41 Å². The van der Waals surface area contributed by atoms with Gasteiger partial charge in [0.1, 0.15) is 12.4 Å². The van der Waals surface area contributed by atoms with Crippen molar-refractivity contribution in [1.82, 2.24) is 0 Å².